The molecular formula is C15H11ClN2S. The van der Waals surface area contributed by atoms with Crippen LogP contribution in [0.2, 0.25) is 5.15 Å². The summed E-state index contributed by atoms with van der Waals surface area (Å²) in [4.78, 5) is 11.2. The van der Waals surface area contributed by atoms with E-state index >= 15 is 0 Å². The van der Waals surface area contributed by atoms with E-state index in [2.05, 4.69) is 23.0 Å². The molecule has 0 aliphatic carbocycles. The highest BCUT2D eigenvalue weighted by atomic mass is 35.5. The molecule has 2 aromatic heterocycles. The molecule has 1 aromatic carbocycles. The molecule has 0 bridgehead atoms. The first-order valence-electron chi connectivity index (χ1n) is 5.89. The Morgan fingerprint density at radius 1 is 1.00 bits per heavy atom. The molecule has 0 aliphatic rings. The zero-order chi connectivity index (χ0) is 13.2. The van der Waals surface area contributed by atoms with Crippen molar-refractivity contribution in [3.63, 3.8) is 0 Å². The second-order valence-electron chi connectivity index (χ2n) is 4.18. The summed E-state index contributed by atoms with van der Waals surface area (Å²) in [6.45, 7) is 2.07. The molecule has 0 amide bonds. The van der Waals surface area contributed by atoms with Crippen molar-refractivity contribution < 1.29 is 0 Å². The van der Waals surface area contributed by atoms with E-state index in [4.69, 9.17) is 11.6 Å². The van der Waals surface area contributed by atoms with Gasteiger partial charge in [-0.1, -0.05) is 41.9 Å². The third kappa shape index (κ3) is 2.67. The average Bonchev–Trinajstić information content (AvgIpc) is 2.86. The Balaban J connectivity index is 2.11. The molecule has 0 aliphatic heterocycles. The van der Waals surface area contributed by atoms with Crippen LogP contribution >= 0.6 is 22.9 Å². The number of nitrogens with zero attached hydrogens (tertiary/aromatic N) is 2. The third-order valence-corrected chi connectivity index (χ3v) is 3.92. The predicted molar refractivity (Wildman–Crippen MR) is 80.5 cm³/mol. The Morgan fingerprint density at radius 2 is 1.79 bits per heavy atom. The first-order valence-corrected chi connectivity index (χ1v) is 7.08. The normalized spacial score (nSPS) is 10.6. The number of hydrogen-bond donors (Lipinski definition) is 0. The molecular weight excluding hydrogens is 276 g/mol. The standard InChI is InChI=1S/C15H11ClN2S/c1-10-7-8-13(19-10)15-17-12(9-14(16)18-15)11-5-3-2-4-6-11/h2-9H,1H3. The second-order valence-corrected chi connectivity index (χ2v) is 5.85. The van der Waals surface area contributed by atoms with E-state index in [0.29, 0.717) is 11.0 Å². The molecule has 2 heterocycles. The van der Waals surface area contributed by atoms with Crippen LogP contribution in [0.25, 0.3) is 22.0 Å². The lowest BCUT2D eigenvalue weighted by atomic mass is 10.1. The summed E-state index contributed by atoms with van der Waals surface area (Å²) >= 11 is 7.78. The largest absolute Gasteiger partial charge is 0.227 e. The van der Waals surface area contributed by atoms with Gasteiger partial charge in [-0.05, 0) is 19.1 Å². The van der Waals surface area contributed by atoms with Gasteiger partial charge in [0.15, 0.2) is 5.82 Å². The second kappa shape index (κ2) is 5.11. The van der Waals surface area contributed by atoms with Crippen molar-refractivity contribution in [3.8, 4) is 22.0 Å². The summed E-state index contributed by atoms with van der Waals surface area (Å²) in [5.74, 6) is 0.685. The van der Waals surface area contributed by atoms with Gasteiger partial charge < -0.3 is 0 Å². The molecule has 4 heteroatoms. The van der Waals surface area contributed by atoms with E-state index in [1.54, 1.807) is 17.4 Å². The molecule has 2 nitrogen and oxygen atoms in total. The fourth-order valence-corrected chi connectivity index (χ4v) is 2.82. The van der Waals surface area contributed by atoms with Crippen LogP contribution in [0.5, 0.6) is 0 Å². The lowest BCUT2D eigenvalue weighted by molar-refractivity contribution is 1.19. The molecule has 0 fully saturated rings. The van der Waals surface area contributed by atoms with Gasteiger partial charge in [0.25, 0.3) is 0 Å². The van der Waals surface area contributed by atoms with Crippen LogP contribution in [0.1, 0.15) is 4.88 Å². The Bertz CT molecular complexity index is 707. The smallest absolute Gasteiger partial charge is 0.171 e. The van der Waals surface area contributed by atoms with Gasteiger partial charge in [-0.25, -0.2) is 9.97 Å². The van der Waals surface area contributed by atoms with Crippen LogP contribution in [-0.4, -0.2) is 9.97 Å². The highest BCUT2D eigenvalue weighted by molar-refractivity contribution is 7.15. The first kappa shape index (κ1) is 12.3. The van der Waals surface area contributed by atoms with Crippen molar-refractivity contribution in [3.05, 3.63) is 58.6 Å². The number of aryl methyl sites for hydroxylation is 1. The van der Waals surface area contributed by atoms with Gasteiger partial charge in [-0.15, -0.1) is 11.3 Å². The van der Waals surface area contributed by atoms with Gasteiger partial charge in [-0.3, -0.25) is 0 Å². The predicted octanol–water partition coefficient (Wildman–Crippen LogP) is 4.83. The lowest BCUT2D eigenvalue weighted by Crippen LogP contribution is -1.91. The van der Waals surface area contributed by atoms with E-state index in [-0.39, 0.29) is 0 Å². The molecule has 0 radical (unpaired) electrons. The molecule has 0 N–H and O–H groups in total. The highest BCUT2D eigenvalue weighted by Crippen LogP contribution is 2.28. The van der Waals surface area contributed by atoms with Crippen molar-refractivity contribution in [2.75, 3.05) is 0 Å². The monoisotopic (exact) mass is 286 g/mol. The quantitative estimate of drug-likeness (QED) is 0.630. The fraction of sp³-hybridized carbons (Fsp3) is 0.0667. The lowest BCUT2D eigenvalue weighted by Gasteiger charge is -2.04. The molecule has 0 spiro atoms. The summed E-state index contributed by atoms with van der Waals surface area (Å²) in [6.07, 6.45) is 0. The molecule has 0 saturated heterocycles. The zero-order valence-electron chi connectivity index (χ0n) is 10.3. The minimum Gasteiger partial charge on any atom is -0.227 e. The number of thiophene rings is 1. The topological polar surface area (TPSA) is 25.8 Å². The van der Waals surface area contributed by atoms with Crippen molar-refractivity contribution >= 4 is 22.9 Å². The number of benzene rings is 1. The van der Waals surface area contributed by atoms with Crippen molar-refractivity contribution in [1.29, 1.82) is 0 Å². The Labute approximate surface area is 120 Å². The summed E-state index contributed by atoms with van der Waals surface area (Å²) in [6, 6.07) is 15.9. The van der Waals surface area contributed by atoms with Gasteiger partial charge in [0.05, 0.1) is 10.6 Å². The summed E-state index contributed by atoms with van der Waals surface area (Å²) < 4.78 is 0. The Kier molecular flexibility index (Phi) is 3.32. The first-order chi connectivity index (χ1) is 9.22. The van der Waals surface area contributed by atoms with Crippen LogP contribution in [0.15, 0.2) is 48.5 Å². The van der Waals surface area contributed by atoms with Crippen LogP contribution in [0.3, 0.4) is 0 Å². The van der Waals surface area contributed by atoms with Gasteiger partial charge in [-0.2, -0.15) is 0 Å². The highest BCUT2D eigenvalue weighted by Gasteiger charge is 2.09. The van der Waals surface area contributed by atoms with E-state index < -0.39 is 0 Å². The maximum absolute atomic E-state index is 6.11. The van der Waals surface area contributed by atoms with E-state index in [1.807, 2.05) is 36.4 Å². The van der Waals surface area contributed by atoms with Crippen molar-refractivity contribution in [2.45, 2.75) is 6.92 Å². The van der Waals surface area contributed by atoms with E-state index in [9.17, 15) is 0 Å². The van der Waals surface area contributed by atoms with E-state index in [1.165, 1.54) is 4.88 Å². The number of hydrogen-bond acceptors (Lipinski definition) is 3. The van der Waals surface area contributed by atoms with Crippen LogP contribution in [0, 0.1) is 6.92 Å². The minimum atomic E-state index is 0.468. The Hall–Kier alpha value is -1.71. The van der Waals surface area contributed by atoms with E-state index in [0.717, 1.165) is 16.1 Å². The van der Waals surface area contributed by atoms with Gasteiger partial charge in [0, 0.05) is 16.5 Å². The molecule has 0 unspecified atom stereocenters. The number of aromatic nitrogens is 2. The van der Waals surface area contributed by atoms with Crippen LogP contribution < -0.4 is 0 Å². The molecule has 0 saturated carbocycles. The van der Waals surface area contributed by atoms with Crippen LogP contribution in [0.4, 0.5) is 0 Å². The van der Waals surface area contributed by atoms with Gasteiger partial charge in [0.2, 0.25) is 0 Å². The van der Waals surface area contributed by atoms with Crippen molar-refractivity contribution in [1.82, 2.24) is 9.97 Å². The summed E-state index contributed by atoms with van der Waals surface area (Å²) in [5, 5.41) is 0.468. The average molecular weight is 287 g/mol. The minimum absolute atomic E-state index is 0.468. The van der Waals surface area contributed by atoms with Crippen LogP contribution in [-0.2, 0) is 0 Å². The zero-order valence-corrected chi connectivity index (χ0v) is 11.9. The SMILES string of the molecule is Cc1ccc(-c2nc(Cl)cc(-c3ccccc3)n2)s1. The van der Waals surface area contributed by atoms with Crippen molar-refractivity contribution in [2.24, 2.45) is 0 Å². The molecule has 19 heavy (non-hydrogen) atoms. The molecule has 94 valence electrons. The molecule has 3 rings (SSSR count). The molecule has 3 aromatic rings. The summed E-state index contributed by atoms with van der Waals surface area (Å²) in [7, 11) is 0. The maximum atomic E-state index is 6.11. The maximum Gasteiger partial charge on any atom is 0.171 e. The van der Waals surface area contributed by atoms with Gasteiger partial charge >= 0.3 is 0 Å². The third-order valence-electron chi connectivity index (χ3n) is 2.73. The number of rotatable bonds is 2. The molecule has 0 atom stereocenters. The number of halogens is 1. The van der Waals surface area contributed by atoms with Gasteiger partial charge in [0.1, 0.15) is 5.15 Å². The Morgan fingerprint density at radius 3 is 2.47 bits per heavy atom. The summed E-state index contributed by atoms with van der Waals surface area (Å²) in [5.41, 5.74) is 1.89. The fourth-order valence-electron chi connectivity index (χ4n) is 1.84.